The van der Waals surface area contributed by atoms with Gasteiger partial charge in [-0.2, -0.15) is 5.10 Å². The standard InChI is InChI=1S/C15H20N6O/c1-12(22)19(2)13-4-8-20(9-5-13)14-10-16-11-15(18-14)21-7-3-6-17-21/h3,6-7,10-11,13H,4-5,8-9H2,1-2H3. The van der Waals surface area contributed by atoms with Crippen LogP contribution in [0.2, 0.25) is 0 Å². The molecule has 3 heterocycles. The third-order valence-electron chi connectivity index (χ3n) is 4.18. The predicted octanol–water partition coefficient (Wildman–Crippen LogP) is 1.11. The summed E-state index contributed by atoms with van der Waals surface area (Å²) < 4.78 is 1.70. The third-order valence-corrected chi connectivity index (χ3v) is 4.18. The molecule has 2 aromatic rings. The van der Waals surface area contributed by atoms with Crippen molar-refractivity contribution in [2.24, 2.45) is 0 Å². The first-order valence-corrected chi connectivity index (χ1v) is 7.45. The Morgan fingerprint density at radius 3 is 2.64 bits per heavy atom. The van der Waals surface area contributed by atoms with Crippen molar-refractivity contribution in [3.63, 3.8) is 0 Å². The van der Waals surface area contributed by atoms with Crippen LogP contribution in [0.4, 0.5) is 5.82 Å². The van der Waals surface area contributed by atoms with Crippen LogP contribution in [0.25, 0.3) is 5.82 Å². The second-order valence-electron chi connectivity index (χ2n) is 5.53. The number of hydrogen-bond donors (Lipinski definition) is 0. The normalized spacial score (nSPS) is 15.8. The molecule has 3 rings (SSSR count). The first-order chi connectivity index (χ1) is 10.6. The Balaban J connectivity index is 1.69. The van der Waals surface area contributed by atoms with E-state index < -0.39 is 0 Å². The Bertz CT molecular complexity index is 633. The Kier molecular flexibility index (Phi) is 4.04. The Morgan fingerprint density at radius 1 is 1.27 bits per heavy atom. The van der Waals surface area contributed by atoms with E-state index in [-0.39, 0.29) is 5.91 Å². The van der Waals surface area contributed by atoms with Crippen molar-refractivity contribution in [2.75, 3.05) is 25.0 Å². The second kappa shape index (κ2) is 6.13. The Morgan fingerprint density at radius 2 is 2.00 bits per heavy atom. The zero-order chi connectivity index (χ0) is 15.5. The van der Waals surface area contributed by atoms with Gasteiger partial charge in [0.05, 0.1) is 12.4 Å². The van der Waals surface area contributed by atoms with Crippen LogP contribution < -0.4 is 4.90 Å². The second-order valence-corrected chi connectivity index (χ2v) is 5.53. The molecule has 116 valence electrons. The van der Waals surface area contributed by atoms with E-state index in [2.05, 4.69) is 20.0 Å². The number of aromatic nitrogens is 4. The first-order valence-electron chi connectivity index (χ1n) is 7.45. The summed E-state index contributed by atoms with van der Waals surface area (Å²) in [6.45, 7) is 3.37. The molecule has 1 amide bonds. The summed E-state index contributed by atoms with van der Waals surface area (Å²) >= 11 is 0. The van der Waals surface area contributed by atoms with Gasteiger partial charge in [0.1, 0.15) is 5.82 Å². The van der Waals surface area contributed by atoms with Gasteiger partial charge in [0.2, 0.25) is 5.91 Å². The molecule has 1 saturated heterocycles. The van der Waals surface area contributed by atoms with E-state index in [4.69, 9.17) is 0 Å². The Labute approximate surface area is 129 Å². The number of anilines is 1. The topological polar surface area (TPSA) is 67.2 Å². The molecule has 0 N–H and O–H groups in total. The van der Waals surface area contributed by atoms with Gasteiger partial charge < -0.3 is 9.80 Å². The minimum Gasteiger partial charge on any atom is -0.355 e. The van der Waals surface area contributed by atoms with Crippen LogP contribution >= 0.6 is 0 Å². The van der Waals surface area contributed by atoms with Crippen molar-refractivity contribution in [3.05, 3.63) is 30.9 Å². The number of carbonyl (C=O) groups excluding carboxylic acids is 1. The van der Waals surface area contributed by atoms with Crippen molar-refractivity contribution in [3.8, 4) is 5.82 Å². The molecule has 0 unspecified atom stereocenters. The monoisotopic (exact) mass is 300 g/mol. The number of piperidine rings is 1. The molecular formula is C15H20N6O. The zero-order valence-corrected chi connectivity index (χ0v) is 12.9. The summed E-state index contributed by atoms with van der Waals surface area (Å²) in [5.74, 6) is 1.70. The predicted molar refractivity (Wildman–Crippen MR) is 82.8 cm³/mol. The zero-order valence-electron chi connectivity index (χ0n) is 12.9. The van der Waals surface area contributed by atoms with Crippen LogP contribution in [-0.4, -0.2) is 56.7 Å². The largest absolute Gasteiger partial charge is 0.355 e. The SMILES string of the molecule is CC(=O)N(C)C1CCN(c2cncc(-n3cccn3)n2)CC1. The van der Waals surface area contributed by atoms with Crippen LogP contribution in [0.15, 0.2) is 30.9 Å². The Hall–Kier alpha value is -2.44. The average molecular weight is 300 g/mol. The molecule has 0 radical (unpaired) electrons. The quantitative estimate of drug-likeness (QED) is 0.849. The van der Waals surface area contributed by atoms with E-state index >= 15 is 0 Å². The molecule has 1 aliphatic heterocycles. The summed E-state index contributed by atoms with van der Waals surface area (Å²) in [7, 11) is 1.88. The average Bonchev–Trinajstić information content (AvgIpc) is 3.09. The van der Waals surface area contributed by atoms with Gasteiger partial charge in [-0.05, 0) is 18.9 Å². The number of amides is 1. The van der Waals surface area contributed by atoms with Gasteiger partial charge >= 0.3 is 0 Å². The van der Waals surface area contributed by atoms with Crippen molar-refractivity contribution < 1.29 is 4.79 Å². The summed E-state index contributed by atoms with van der Waals surface area (Å²) in [4.78, 5) is 24.4. The minimum absolute atomic E-state index is 0.124. The molecule has 7 heteroatoms. The number of carbonyl (C=O) groups is 1. The maximum absolute atomic E-state index is 11.5. The minimum atomic E-state index is 0.124. The summed E-state index contributed by atoms with van der Waals surface area (Å²) in [5, 5.41) is 4.18. The van der Waals surface area contributed by atoms with Crippen LogP contribution in [0.5, 0.6) is 0 Å². The van der Waals surface area contributed by atoms with E-state index in [1.54, 1.807) is 30.2 Å². The molecule has 0 bridgehead atoms. The van der Waals surface area contributed by atoms with Crippen LogP contribution in [0.1, 0.15) is 19.8 Å². The van der Waals surface area contributed by atoms with Crippen LogP contribution in [0, 0.1) is 0 Å². The van der Waals surface area contributed by atoms with E-state index in [0.717, 1.165) is 31.7 Å². The van der Waals surface area contributed by atoms with Crippen molar-refractivity contribution in [1.82, 2.24) is 24.6 Å². The lowest BCUT2D eigenvalue weighted by atomic mass is 10.0. The summed E-state index contributed by atoms with van der Waals surface area (Å²) in [6, 6.07) is 2.17. The van der Waals surface area contributed by atoms with Gasteiger partial charge in [0.25, 0.3) is 0 Å². The van der Waals surface area contributed by atoms with Crippen LogP contribution in [0.3, 0.4) is 0 Å². The molecule has 0 aliphatic carbocycles. The lowest BCUT2D eigenvalue weighted by Crippen LogP contribution is -2.45. The highest BCUT2D eigenvalue weighted by atomic mass is 16.2. The smallest absolute Gasteiger partial charge is 0.219 e. The van der Waals surface area contributed by atoms with Gasteiger partial charge in [-0.3, -0.25) is 9.78 Å². The molecule has 0 spiro atoms. The van der Waals surface area contributed by atoms with Crippen LogP contribution in [-0.2, 0) is 4.79 Å². The number of hydrogen-bond acceptors (Lipinski definition) is 5. The first kappa shape index (κ1) is 14.5. The number of rotatable bonds is 3. The van der Waals surface area contributed by atoms with E-state index in [0.29, 0.717) is 11.9 Å². The molecule has 7 nitrogen and oxygen atoms in total. The van der Waals surface area contributed by atoms with Gasteiger partial charge in [-0.15, -0.1) is 0 Å². The summed E-state index contributed by atoms with van der Waals surface area (Å²) in [6.07, 6.45) is 8.95. The highest BCUT2D eigenvalue weighted by Gasteiger charge is 2.24. The molecule has 1 fully saturated rings. The van der Waals surface area contributed by atoms with Gasteiger partial charge in [0, 0.05) is 45.5 Å². The molecule has 22 heavy (non-hydrogen) atoms. The molecule has 0 atom stereocenters. The fraction of sp³-hybridized carbons (Fsp3) is 0.467. The van der Waals surface area contributed by atoms with Gasteiger partial charge in [-0.1, -0.05) is 0 Å². The molecule has 0 saturated carbocycles. The lowest BCUT2D eigenvalue weighted by molar-refractivity contribution is -0.129. The third kappa shape index (κ3) is 2.93. The van der Waals surface area contributed by atoms with E-state index in [1.807, 2.05) is 24.2 Å². The highest BCUT2D eigenvalue weighted by Crippen LogP contribution is 2.20. The highest BCUT2D eigenvalue weighted by molar-refractivity contribution is 5.73. The fourth-order valence-electron chi connectivity index (χ4n) is 2.75. The van der Waals surface area contributed by atoms with Gasteiger partial charge in [-0.25, -0.2) is 9.67 Å². The van der Waals surface area contributed by atoms with Crippen molar-refractivity contribution in [2.45, 2.75) is 25.8 Å². The maximum atomic E-state index is 11.5. The maximum Gasteiger partial charge on any atom is 0.219 e. The van der Waals surface area contributed by atoms with Crippen molar-refractivity contribution in [1.29, 1.82) is 0 Å². The molecule has 0 aromatic carbocycles. The van der Waals surface area contributed by atoms with Crippen molar-refractivity contribution >= 4 is 11.7 Å². The number of nitrogens with zero attached hydrogens (tertiary/aromatic N) is 6. The van der Waals surface area contributed by atoms with Gasteiger partial charge in [0.15, 0.2) is 5.82 Å². The fourth-order valence-corrected chi connectivity index (χ4v) is 2.75. The van der Waals surface area contributed by atoms with E-state index in [9.17, 15) is 4.79 Å². The lowest BCUT2D eigenvalue weighted by Gasteiger charge is -2.36. The molecule has 1 aliphatic rings. The molecule has 2 aromatic heterocycles. The van der Waals surface area contributed by atoms with E-state index in [1.165, 1.54) is 0 Å². The summed E-state index contributed by atoms with van der Waals surface area (Å²) in [5.41, 5.74) is 0. The molecular weight excluding hydrogens is 280 g/mol.